The van der Waals surface area contributed by atoms with E-state index in [1.165, 1.54) is 56.6 Å². The van der Waals surface area contributed by atoms with Gasteiger partial charge in [-0.05, 0) is 59.5 Å². The van der Waals surface area contributed by atoms with Gasteiger partial charge in [0.15, 0.2) is 11.5 Å². The molecule has 0 unspecified atom stereocenters. The smallest absolute Gasteiger partial charge is 0.265 e. The van der Waals surface area contributed by atoms with Crippen LogP contribution in [0.25, 0.3) is 0 Å². The molecule has 0 saturated heterocycles. The molecular formula is C37H41BrClN3O7S. The molecule has 266 valence electrons. The SMILES string of the molecule is COc1ccc(S(=O)(=O)N(CC(=O)N(Cc2ccc(Br)cc2)[C@@H](Cc2ccccc2)C(=O)NCC(C)C)c2cc(Cl)ccc2OC)cc1OC. The Hall–Kier alpha value is -4.26. The summed E-state index contributed by atoms with van der Waals surface area (Å²) in [5.74, 6) is -0.154. The lowest BCUT2D eigenvalue weighted by Crippen LogP contribution is -2.53. The molecule has 4 aromatic carbocycles. The molecule has 0 spiro atoms. The van der Waals surface area contributed by atoms with Crippen molar-refractivity contribution >= 4 is 55.1 Å². The lowest BCUT2D eigenvalue weighted by Gasteiger charge is -2.34. The van der Waals surface area contributed by atoms with E-state index in [1.54, 1.807) is 6.07 Å². The van der Waals surface area contributed by atoms with Gasteiger partial charge >= 0.3 is 0 Å². The minimum absolute atomic E-state index is 0.0235. The van der Waals surface area contributed by atoms with Crippen molar-refractivity contribution in [1.29, 1.82) is 0 Å². The number of hydrogen-bond donors (Lipinski definition) is 1. The molecule has 0 radical (unpaired) electrons. The van der Waals surface area contributed by atoms with E-state index < -0.39 is 28.5 Å². The van der Waals surface area contributed by atoms with E-state index in [2.05, 4.69) is 21.2 Å². The van der Waals surface area contributed by atoms with Crippen molar-refractivity contribution < 1.29 is 32.2 Å². The van der Waals surface area contributed by atoms with Crippen molar-refractivity contribution in [3.8, 4) is 17.2 Å². The Labute approximate surface area is 307 Å². The summed E-state index contributed by atoms with van der Waals surface area (Å²) in [7, 11) is -0.259. The molecule has 0 aromatic heterocycles. The van der Waals surface area contributed by atoms with Gasteiger partial charge in [0.05, 0.1) is 31.9 Å². The number of ether oxygens (including phenoxy) is 3. The number of benzene rings is 4. The molecule has 0 bridgehead atoms. The molecule has 0 aliphatic carbocycles. The third-order valence-corrected chi connectivity index (χ3v) is 10.4. The third kappa shape index (κ3) is 9.70. The van der Waals surface area contributed by atoms with Crippen LogP contribution in [-0.4, -0.2) is 65.6 Å². The molecule has 50 heavy (non-hydrogen) atoms. The van der Waals surface area contributed by atoms with Crippen LogP contribution in [0.5, 0.6) is 17.2 Å². The van der Waals surface area contributed by atoms with Gasteiger partial charge in [-0.25, -0.2) is 8.42 Å². The van der Waals surface area contributed by atoms with Gasteiger partial charge in [-0.1, -0.05) is 83.8 Å². The lowest BCUT2D eigenvalue weighted by molar-refractivity contribution is -0.140. The van der Waals surface area contributed by atoms with Crippen LogP contribution in [0.2, 0.25) is 5.02 Å². The highest BCUT2D eigenvalue weighted by Crippen LogP contribution is 2.37. The number of sulfonamides is 1. The van der Waals surface area contributed by atoms with Crippen molar-refractivity contribution in [3.05, 3.63) is 112 Å². The highest BCUT2D eigenvalue weighted by molar-refractivity contribution is 9.10. The minimum Gasteiger partial charge on any atom is -0.495 e. The number of nitrogens with one attached hydrogen (secondary N) is 1. The number of carbonyl (C=O) groups excluding carboxylic acids is 2. The second-order valence-electron chi connectivity index (χ2n) is 11.8. The first kappa shape index (κ1) is 38.5. The normalized spacial score (nSPS) is 11.8. The van der Waals surface area contributed by atoms with Gasteiger partial charge in [-0.3, -0.25) is 13.9 Å². The number of rotatable bonds is 16. The topological polar surface area (TPSA) is 114 Å². The Balaban J connectivity index is 1.87. The zero-order valence-electron chi connectivity index (χ0n) is 28.6. The quantitative estimate of drug-likeness (QED) is 0.134. The summed E-state index contributed by atoms with van der Waals surface area (Å²) in [5, 5.41) is 3.21. The van der Waals surface area contributed by atoms with Gasteiger partial charge in [0, 0.05) is 35.1 Å². The summed E-state index contributed by atoms with van der Waals surface area (Å²) in [6, 6.07) is 24.4. The zero-order chi connectivity index (χ0) is 36.4. The Bertz CT molecular complexity index is 1880. The summed E-state index contributed by atoms with van der Waals surface area (Å²) in [5.41, 5.74) is 1.61. The predicted octanol–water partition coefficient (Wildman–Crippen LogP) is 6.74. The van der Waals surface area contributed by atoms with Gasteiger partial charge in [0.1, 0.15) is 18.3 Å². The first-order chi connectivity index (χ1) is 23.9. The Morgan fingerprint density at radius 3 is 2.08 bits per heavy atom. The molecule has 4 rings (SSSR count). The summed E-state index contributed by atoms with van der Waals surface area (Å²) in [4.78, 5) is 30.0. The van der Waals surface area contributed by atoms with Gasteiger partial charge in [0.25, 0.3) is 10.0 Å². The highest BCUT2D eigenvalue weighted by Gasteiger charge is 2.36. The lowest BCUT2D eigenvalue weighted by atomic mass is 10.0. The van der Waals surface area contributed by atoms with Gasteiger partial charge < -0.3 is 24.4 Å². The maximum absolute atomic E-state index is 14.8. The monoisotopic (exact) mass is 785 g/mol. The Kier molecular flexibility index (Phi) is 13.6. The molecule has 0 aliphatic heterocycles. The average molecular weight is 787 g/mol. The first-order valence-electron chi connectivity index (χ1n) is 15.8. The van der Waals surface area contributed by atoms with Crippen LogP contribution in [0.15, 0.2) is 100 Å². The van der Waals surface area contributed by atoms with Crippen molar-refractivity contribution in [1.82, 2.24) is 10.2 Å². The minimum atomic E-state index is -4.49. The Morgan fingerprint density at radius 2 is 1.46 bits per heavy atom. The van der Waals surface area contributed by atoms with E-state index in [1.807, 2.05) is 68.4 Å². The second kappa shape index (κ2) is 17.6. The molecular weight excluding hydrogens is 746 g/mol. The fourth-order valence-electron chi connectivity index (χ4n) is 5.24. The number of amides is 2. The molecule has 0 heterocycles. The van der Waals surface area contributed by atoms with E-state index in [4.69, 9.17) is 25.8 Å². The molecule has 2 amide bonds. The molecule has 13 heteroatoms. The van der Waals surface area contributed by atoms with E-state index in [0.717, 1.165) is 19.9 Å². The van der Waals surface area contributed by atoms with Crippen LogP contribution in [0.3, 0.4) is 0 Å². The maximum Gasteiger partial charge on any atom is 0.265 e. The zero-order valence-corrected chi connectivity index (χ0v) is 31.7. The van der Waals surface area contributed by atoms with E-state index in [-0.39, 0.29) is 51.9 Å². The van der Waals surface area contributed by atoms with Crippen molar-refractivity contribution in [2.24, 2.45) is 5.92 Å². The summed E-state index contributed by atoms with van der Waals surface area (Å²) >= 11 is 9.85. The van der Waals surface area contributed by atoms with E-state index >= 15 is 0 Å². The largest absolute Gasteiger partial charge is 0.495 e. The van der Waals surface area contributed by atoms with Crippen molar-refractivity contribution in [2.45, 2.75) is 37.8 Å². The summed E-state index contributed by atoms with van der Waals surface area (Å²) in [6.07, 6.45) is 0.190. The van der Waals surface area contributed by atoms with Crippen LogP contribution >= 0.6 is 27.5 Å². The van der Waals surface area contributed by atoms with Crippen LogP contribution in [0.4, 0.5) is 5.69 Å². The van der Waals surface area contributed by atoms with Gasteiger partial charge in [0.2, 0.25) is 11.8 Å². The predicted molar refractivity (Wildman–Crippen MR) is 199 cm³/mol. The van der Waals surface area contributed by atoms with Crippen molar-refractivity contribution in [3.63, 3.8) is 0 Å². The van der Waals surface area contributed by atoms with Crippen LogP contribution in [-0.2, 0) is 32.6 Å². The molecule has 0 saturated carbocycles. The number of hydrogen-bond acceptors (Lipinski definition) is 7. The number of anilines is 1. The van der Waals surface area contributed by atoms with E-state index in [9.17, 15) is 18.0 Å². The van der Waals surface area contributed by atoms with Gasteiger partial charge in [-0.15, -0.1) is 0 Å². The van der Waals surface area contributed by atoms with Gasteiger partial charge in [-0.2, -0.15) is 0 Å². The standard InChI is InChI=1S/C37H41BrClN3O7S/c1-25(2)22-40-37(44)32(19-26-9-7-6-8-10-26)41(23-27-11-13-28(38)14-12-27)36(43)24-42(31-20-29(39)15-17-33(31)47-3)50(45,46)30-16-18-34(48-4)35(21-30)49-5/h6-18,20-21,25,32H,19,22-24H2,1-5H3,(H,40,44)/t32-/m0/s1. The van der Waals surface area contributed by atoms with E-state index in [0.29, 0.717) is 12.3 Å². The Morgan fingerprint density at radius 1 is 0.820 bits per heavy atom. The molecule has 4 aromatic rings. The highest BCUT2D eigenvalue weighted by atomic mass is 79.9. The fraction of sp³-hybridized carbons (Fsp3) is 0.297. The number of methoxy groups -OCH3 is 3. The summed E-state index contributed by atoms with van der Waals surface area (Å²) in [6.45, 7) is 3.69. The van der Waals surface area contributed by atoms with Crippen LogP contribution in [0, 0.1) is 5.92 Å². The molecule has 0 aliphatic rings. The molecule has 0 fully saturated rings. The third-order valence-electron chi connectivity index (χ3n) is 7.85. The first-order valence-corrected chi connectivity index (χ1v) is 18.4. The number of nitrogens with zero attached hydrogens (tertiary/aromatic N) is 2. The molecule has 1 N–H and O–H groups in total. The average Bonchev–Trinajstić information content (AvgIpc) is 3.11. The second-order valence-corrected chi connectivity index (χ2v) is 15.1. The maximum atomic E-state index is 14.8. The number of halogens is 2. The number of carbonyl (C=O) groups is 2. The fourth-order valence-corrected chi connectivity index (χ4v) is 7.10. The molecule has 10 nitrogen and oxygen atoms in total. The van der Waals surface area contributed by atoms with Crippen molar-refractivity contribution in [2.75, 3.05) is 38.7 Å². The molecule has 1 atom stereocenters. The van der Waals surface area contributed by atoms with Crippen LogP contribution in [0.1, 0.15) is 25.0 Å². The van der Waals surface area contributed by atoms with Crippen LogP contribution < -0.4 is 23.8 Å². The summed E-state index contributed by atoms with van der Waals surface area (Å²) < 4.78 is 47.2.